The molecule has 3 nitrogen and oxygen atoms in total. The molecule has 1 unspecified atom stereocenters. The highest BCUT2D eigenvalue weighted by Gasteiger charge is 2.33. The fraction of sp³-hybridized carbons (Fsp3) is 0.500. The molecule has 1 aromatic heterocycles. The van der Waals surface area contributed by atoms with E-state index in [1.807, 2.05) is 18.7 Å². The molecule has 1 fully saturated rings. The number of imidazole rings is 1. The minimum atomic E-state index is -0.305. The van der Waals surface area contributed by atoms with E-state index in [0.717, 1.165) is 6.54 Å². The maximum absolute atomic E-state index is 6.59. The molecular formula is C18H24N2O. The van der Waals surface area contributed by atoms with Gasteiger partial charge in [0.25, 0.3) is 0 Å². The van der Waals surface area contributed by atoms with Gasteiger partial charge in [-0.1, -0.05) is 37.1 Å². The molecule has 1 atom stereocenters. The number of hydrogen-bond acceptors (Lipinski definition) is 2. The van der Waals surface area contributed by atoms with Crippen molar-refractivity contribution in [3.05, 3.63) is 54.1 Å². The van der Waals surface area contributed by atoms with Crippen LogP contribution in [0.4, 0.5) is 0 Å². The molecule has 0 N–H and O–H groups in total. The van der Waals surface area contributed by atoms with Crippen LogP contribution in [0.3, 0.4) is 0 Å². The number of aromatic nitrogens is 2. The van der Waals surface area contributed by atoms with E-state index >= 15 is 0 Å². The quantitative estimate of drug-likeness (QED) is 0.827. The number of hydrogen-bond donors (Lipinski definition) is 0. The second-order valence-corrected chi connectivity index (χ2v) is 6.31. The third-order valence-electron chi connectivity index (χ3n) is 4.49. The van der Waals surface area contributed by atoms with Gasteiger partial charge in [-0.25, -0.2) is 4.98 Å². The third-order valence-corrected chi connectivity index (χ3v) is 4.49. The van der Waals surface area contributed by atoms with Crippen molar-refractivity contribution in [3.63, 3.8) is 0 Å². The molecule has 3 rings (SSSR count). The minimum absolute atomic E-state index is 0.305. The molecule has 0 spiro atoms. The monoisotopic (exact) mass is 284 g/mol. The molecule has 0 bridgehead atoms. The highest BCUT2D eigenvalue weighted by molar-refractivity contribution is 5.31. The number of benzene rings is 1. The van der Waals surface area contributed by atoms with Gasteiger partial charge in [0.15, 0.2) is 0 Å². The van der Waals surface area contributed by atoms with E-state index in [9.17, 15) is 0 Å². The van der Waals surface area contributed by atoms with Crippen molar-refractivity contribution >= 4 is 0 Å². The molecule has 3 heteroatoms. The van der Waals surface area contributed by atoms with Crippen LogP contribution < -0.4 is 0 Å². The van der Waals surface area contributed by atoms with Crippen LogP contribution in [0.2, 0.25) is 0 Å². The van der Waals surface area contributed by atoms with Gasteiger partial charge >= 0.3 is 0 Å². The van der Waals surface area contributed by atoms with Gasteiger partial charge in [0.05, 0.1) is 19.0 Å². The van der Waals surface area contributed by atoms with E-state index in [0.29, 0.717) is 6.10 Å². The summed E-state index contributed by atoms with van der Waals surface area (Å²) in [5.74, 6) is 0. The van der Waals surface area contributed by atoms with Crippen LogP contribution in [-0.4, -0.2) is 15.7 Å². The molecule has 1 heterocycles. The molecule has 1 saturated carbocycles. The lowest BCUT2D eigenvalue weighted by Gasteiger charge is -2.35. The zero-order chi connectivity index (χ0) is 14.7. The van der Waals surface area contributed by atoms with Crippen LogP contribution >= 0.6 is 0 Å². The van der Waals surface area contributed by atoms with Gasteiger partial charge in [-0.05, 0) is 37.8 Å². The predicted molar refractivity (Wildman–Crippen MR) is 84.1 cm³/mol. The Kier molecular flexibility index (Phi) is 4.11. The topological polar surface area (TPSA) is 27.1 Å². The van der Waals surface area contributed by atoms with Crippen molar-refractivity contribution in [1.82, 2.24) is 9.55 Å². The predicted octanol–water partition coefficient (Wildman–Crippen LogP) is 4.07. The fourth-order valence-electron chi connectivity index (χ4n) is 3.45. The van der Waals surface area contributed by atoms with Crippen LogP contribution in [0.25, 0.3) is 0 Å². The molecule has 1 aromatic carbocycles. The summed E-state index contributed by atoms with van der Waals surface area (Å²) in [4.78, 5) is 4.16. The van der Waals surface area contributed by atoms with E-state index in [2.05, 4.69) is 47.7 Å². The van der Waals surface area contributed by atoms with Crippen LogP contribution in [0, 0.1) is 6.92 Å². The second kappa shape index (κ2) is 6.02. The smallest absolute Gasteiger partial charge is 0.109 e. The van der Waals surface area contributed by atoms with E-state index < -0.39 is 0 Å². The maximum atomic E-state index is 6.59. The van der Waals surface area contributed by atoms with Crippen molar-refractivity contribution in [1.29, 1.82) is 0 Å². The van der Waals surface area contributed by atoms with Gasteiger partial charge < -0.3 is 9.30 Å². The first-order valence-corrected chi connectivity index (χ1v) is 7.87. The first kappa shape index (κ1) is 14.3. The minimum Gasteiger partial charge on any atom is -0.365 e. The standard InChI is InChI=1S/C18H24N2O/c1-15-7-3-6-10-17(15)18(2,13-20-12-11-19-14-20)21-16-8-4-5-9-16/h3,6-7,10-12,14,16H,4-5,8-9,13H2,1-2H3. The van der Waals surface area contributed by atoms with Crippen molar-refractivity contribution < 1.29 is 4.74 Å². The molecule has 2 aromatic rings. The Bertz CT molecular complexity index is 573. The van der Waals surface area contributed by atoms with Gasteiger partial charge in [-0.15, -0.1) is 0 Å². The number of ether oxygens (including phenoxy) is 1. The molecule has 1 aliphatic carbocycles. The largest absolute Gasteiger partial charge is 0.365 e. The zero-order valence-corrected chi connectivity index (χ0v) is 13.0. The summed E-state index contributed by atoms with van der Waals surface area (Å²) < 4.78 is 8.70. The summed E-state index contributed by atoms with van der Waals surface area (Å²) in [6.07, 6.45) is 11.0. The SMILES string of the molecule is Cc1ccccc1C(C)(Cn1ccnc1)OC1CCCC1. The molecular weight excluding hydrogens is 260 g/mol. The van der Waals surface area contributed by atoms with Crippen molar-refractivity contribution in [2.75, 3.05) is 0 Å². The average molecular weight is 284 g/mol. The van der Waals surface area contributed by atoms with Crippen LogP contribution in [0.1, 0.15) is 43.7 Å². The van der Waals surface area contributed by atoms with Gasteiger partial charge in [-0.2, -0.15) is 0 Å². The highest BCUT2D eigenvalue weighted by Crippen LogP contribution is 2.35. The molecule has 1 aliphatic rings. The number of rotatable bonds is 5. The fourth-order valence-corrected chi connectivity index (χ4v) is 3.45. The molecule has 0 saturated heterocycles. The lowest BCUT2D eigenvalue weighted by molar-refractivity contribution is -0.0952. The van der Waals surface area contributed by atoms with Gasteiger partial charge in [-0.3, -0.25) is 0 Å². The Morgan fingerprint density at radius 1 is 1.29 bits per heavy atom. The second-order valence-electron chi connectivity index (χ2n) is 6.31. The Morgan fingerprint density at radius 2 is 2.05 bits per heavy atom. The average Bonchev–Trinajstić information content (AvgIpc) is 3.13. The molecule has 112 valence electrons. The van der Waals surface area contributed by atoms with E-state index in [4.69, 9.17) is 4.74 Å². The molecule has 0 amide bonds. The van der Waals surface area contributed by atoms with Crippen LogP contribution in [-0.2, 0) is 16.9 Å². The Hall–Kier alpha value is -1.61. The third kappa shape index (κ3) is 3.18. The molecule has 0 aliphatic heterocycles. The Morgan fingerprint density at radius 3 is 2.71 bits per heavy atom. The van der Waals surface area contributed by atoms with Crippen molar-refractivity contribution in [3.8, 4) is 0 Å². The van der Waals surface area contributed by atoms with Crippen LogP contribution in [0.5, 0.6) is 0 Å². The molecule has 0 radical (unpaired) electrons. The van der Waals surface area contributed by atoms with Gasteiger partial charge in [0, 0.05) is 12.4 Å². The summed E-state index contributed by atoms with van der Waals surface area (Å²) >= 11 is 0. The number of nitrogens with zero attached hydrogens (tertiary/aromatic N) is 2. The Labute approximate surface area is 127 Å². The van der Waals surface area contributed by atoms with E-state index in [1.54, 1.807) is 0 Å². The van der Waals surface area contributed by atoms with E-state index in [1.165, 1.54) is 36.8 Å². The zero-order valence-electron chi connectivity index (χ0n) is 13.0. The lowest BCUT2D eigenvalue weighted by Crippen LogP contribution is -2.35. The normalized spacial score (nSPS) is 18.8. The summed E-state index contributed by atoms with van der Waals surface area (Å²) in [5, 5.41) is 0. The maximum Gasteiger partial charge on any atom is 0.109 e. The first-order chi connectivity index (χ1) is 10.2. The summed E-state index contributed by atoms with van der Waals surface area (Å²) in [5.41, 5.74) is 2.27. The highest BCUT2D eigenvalue weighted by atomic mass is 16.5. The van der Waals surface area contributed by atoms with Crippen molar-refractivity contribution in [2.24, 2.45) is 0 Å². The Balaban J connectivity index is 1.91. The van der Waals surface area contributed by atoms with E-state index in [-0.39, 0.29) is 5.60 Å². The summed E-state index contributed by atoms with van der Waals surface area (Å²) in [7, 11) is 0. The first-order valence-electron chi connectivity index (χ1n) is 7.87. The summed E-state index contributed by atoms with van der Waals surface area (Å²) in [6.45, 7) is 5.18. The van der Waals surface area contributed by atoms with Gasteiger partial charge in [0.2, 0.25) is 0 Å². The van der Waals surface area contributed by atoms with Crippen molar-refractivity contribution in [2.45, 2.75) is 57.8 Å². The molecule has 21 heavy (non-hydrogen) atoms. The number of aryl methyl sites for hydroxylation is 1. The summed E-state index contributed by atoms with van der Waals surface area (Å²) in [6, 6.07) is 8.55. The lowest BCUT2D eigenvalue weighted by atomic mass is 9.91. The van der Waals surface area contributed by atoms with Gasteiger partial charge in [0.1, 0.15) is 5.60 Å². The van der Waals surface area contributed by atoms with Crippen LogP contribution in [0.15, 0.2) is 43.0 Å².